The van der Waals surface area contributed by atoms with Gasteiger partial charge in [0.1, 0.15) is 11.9 Å². The van der Waals surface area contributed by atoms with Gasteiger partial charge in [-0.2, -0.15) is 5.10 Å². The Balaban J connectivity index is 1.35. The lowest BCUT2D eigenvalue weighted by Crippen LogP contribution is -2.40. The molecule has 2 N–H and O–H groups in total. The number of hydrogen-bond acceptors (Lipinski definition) is 3. The summed E-state index contributed by atoms with van der Waals surface area (Å²) in [4.78, 5) is 0. The Labute approximate surface area is 144 Å². The van der Waals surface area contributed by atoms with E-state index >= 15 is 0 Å². The minimum absolute atomic E-state index is 0.336. The molecular weight excluding hydrogens is 298 g/mol. The van der Waals surface area contributed by atoms with Crippen molar-refractivity contribution < 1.29 is 4.74 Å². The maximum Gasteiger partial charge on any atom is 0.123 e. The van der Waals surface area contributed by atoms with Crippen molar-refractivity contribution in [1.29, 1.82) is 0 Å². The van der Waals surface area contributed by atoms with Gasteiger partial charge in [0.2, 0.25) is 0 Å². The molecule has 2 unspecified atom stereocenters. The molecule has 24 heavy (non-hydrogen) atoms. The van der Waals surface area contributed by atoms with E-state index in [1.807, 2.05) is 6.20 Å². The zero-order chi connectivity index (χ0) is 16.4. The van der Waals surface area contributed by atoms with Crippen LogP contribution in [0.1, 0.15) is 56.9 Å². The first-order valence-corrected chi connectivity index (χ1v) is 9.62. The molecule has 0 aliphatic heterocycles. The Morgan fingerprint density at radius 1 is 1.17 bits per heavy atom. The van der Waals surface area contributed by atoms with Crippen LogP contribution in [0.3, 0.4) is 0 Å². The number of aryl methyl sites for hydroxylation is 1. The van der Waals surface area contributed by atoms with E-state index in [2.05, 4.69) is 34.6 Å². The number of nitrogens with zero attached hydrogens (tertiary/aromatic N) is 1. The lowest BCUT2D eigenvalue weighted by Gasteiger charge is -2.31. The normalized spacial score (nSPS) is 25.4. The monoisotopic (exact) mass is 327 g/mol. The summed E-state index contributed by atoms with van der Waals surface area (Å²) in [7, 11) is 0. The molecule has 1 aromatic heterocycles. The summed E-state index contributed by atoms with van der Waals surface area (Å²) in [6.07, 6.45) is 12.8. The van der Waals surface area contributed by atoms with Crippen LogP contribution < -0.4 is 10.1 Å². The van der Waals surface area contributed by atoms with Gasteiger partial charge in [0.25, 0.3) is 0 Å². The third-order valence-corrected chi connectivity index (χ3v) is 5.93. The maximum atomic E-state index is 6.38. The highest BCUT2D eigenvalue weighted by molar-refractivity contribution is 5.83. The van der Waals surface area contributed by atoms with Crippen LogP contribution in [0.15, 0.2) is 18.3 Å². The van der Waals surface area contributed by atoms with Gasteiger partial charge in [-0.1, -0.05) is 12.8 Å². The quantitative estimate of drug-likeness (QED) is 0.859. The Hall–Kier alpha value is -1.55. The van der Waals surface area contributed by atoms with Crippen LogP contribution in [0.25, 0.3) is 10.9 Å². The molecule has 0 saturated heterocycles. The van der Waals surface area contributed by atoms with Gasteiger partial charge in [-0.15, -0.1) is 0 Å². The molecule has 2 atom stereocenters. The third kappa shape index (κ3) is 3.44. The number of nitrogens with one attached hydrogen (secondary N) is 2. The summed E-state index contributed by atoms with van der Waals surface area (Å²) < 4.78 is 6.38. The Morgan fingerprint density at radius 2 is 2.04 bits per heavy atom. The van der Waals surface area contributed by atoms with E-state index in [0.717, 1.165) is 23.6 Å². The van der Waals surface area contributed by atoms with Crippen molar-refractivity contribution in [2.45, 2.75) is 70.4 Å². The Kier molecular flexibility index (Phi) is 4.74. The molecule has 2 aliphatic rings. The summed E-state index contributed by atoms with van der Waals surface area (Å²) in [5.41, 5.74) is 2.28. The zero-order valence-electron chi connectivity index (χ0n) is 14.7. The SMILES string of the molecule is Cc1c(OC2CCCC(NCC3CCCC3)C2)ccc2[nH]ncc12. The van der Waals surface area contributed by atoms with Crippen molar-refractivity contribution in [3.63, 3.8) is 0 Å². The van der Waals surface area contributed by atoms with Gasteiger partial charge >= 0.3 is 0 Å². The van der Waals surface area contributed by atoms with E-state index in [9.17, 15) is 0 Å². The van der Waals surface area contributed by atoms with Crippen molar-refractivity contribution in [3.05, 3.63) is 23.9 Å². The van der Waals surface area contributed by atoms with Gasteiger partial charge < -0.3 is 10.1 Å². The second-order valence-corrected chi connectivity index (χ2v) is 7.68. The topological polar surface area (TPSA) is 49.9 Å². The van der Waals surface area contributed by atoms with Crippen molar-refractivity contribution in [1.82, 2.24) is 15.5 Å². The van der Waals surface area contributed by atoms with Crippen LogP contribution in [0.5, 0.6) is 5.75 Å². The van der Waals surface area contributed by atoms with Crippen LogP contribution in [0.2, 0.25) is 0 Å². The lowest BCUT2D eigenvalue weighted by molar-refractivity contribution is 0.132. The van der Waals surface area contributed by atoms with Crippen LogP contribution >= 0.6 is 0 Å². The van der Waals surface area contributed by atoms with Crippen molar-refractivity contribution in [2.24, 2.45) is 5.92 Å². The molecule has 130 valence electrons. The first-order valence-electron chi connectivity index (χ1n) is 9.62. The fraction of sp³-hybridized carbons (Fsp3) is 0.650. The number of benzene rings is 1. The average Bonchev–Trinajstić information content (AvgIpc) is 3.27. The molecule has 4 rings (SSSR count). The highest BCUT2D eigenvalue weighted by atomic mass is 16.5. The largest absolute Gasteiger partial charge is 0.490 e. The fourth-order valence-electron chi connectivity index (χ4n) is 4.43. The Bertz CT molecular complexity index is 675. The van der Waals surface area contributed by atoms with E-state index in [1.54, 1.807) is 0 Å². The molecule has 0 bridgehead atoms. The van der Waals surface area contributed by atoms with E-state index in [4.69, 9.17) is 4.74 Å². The number of rotatable bonds is 5. The molecular formula is C20H29N3O. The lowest BCUT2D eigenvalue weighted by atomic mass is 9.92. The minimum atomic E-state index is 0.336. The third-order valence-electron chi connectivity index (χ3n) is 5.93. The molecule has 0 spiro atoms. The van der Waals surface area contributed by atoms with Gasteiger partial charge in [-0.3, -0.25) is 5.10 Å². The molecule has 4 heteroatoms. The molecule has 1 heterocycles. The van der Waals surface area contributed by atoms with E-state index in [1.165, 1.54) is 62.4 Å². The number of fused-ring (bicyclic) bond motifs is 1. The first kappa shape index (κ1) is 15.9. The maximum absolute atomic E-state index is 6.38. The van der Waals surface area contributed by atoms with E-state index < -0.39 is 0 Å². The van der Waals surface area contributed by atoms with Crippen LogP contribution in [0, 0.1) is 12.8 Å². The first-order chi connectivity index (χ1) is 11.8. The van der Waals surface area contributed by atoms with Gasteiger partial charge in [0.05, 0.1) is 11.7 Å². The van der Waals surface area contributed by atoms with Gasteiger partial charge in [-0.25, -0.2) is 0 Å². The van der Waals surface area contributed by atoms with Crippen molar-refractivity contribution in [3.8, 4) is 5.75 Å². The van der Waals surface area contributed by atoms with Crippen LogP contribution in [-0.4, -0.2) is 28.9 Å². The summed E-state index contributed by atoms with van der Waals surface area (Å²) in [5.74, 6) is 1.93. The zero-order valence-corrected chi connectivity index (χ0v) is 14.7. The molecule has 2 fully saturated rings. The smallest absolute Gasteiger partial charge is 0.123 e. The highest BCUT2D eigenvalue weighted by Crippen LogP contribution is 2.30. The van der Waals surface area contributed by atoms with Gasteiger partial charge in [0.15, 0.2) is 0 Å². The molecule has 4 nitrogen and oxygen atoms in total. The average molecular weight is 327 g/mol. The molecule has 1 aromatic carbocycles. The second-order valence-electron chi connectivity index (χ2n) is 7.68. The number of hydrogen-bond donors (Lipinski definition) is 2. The summed E-state index contributed by atoms with van der Waals surface area (Å²) in [5, 5.41) is 12.2. The number of ether oxygens (including phenoxy) is 1. The van der Waals surface area contributed by atoms with Gasteiger partial charge in [-0.05, 0) is 70.0 Å². The van der Waals surface area contributed by atoms with Crippen LogP contribution in [-0.2, 0) is 0 Å². The highest BCUT2D eigenvalue weighted by Gasteiger charge is 2.25. The van der Waals surface area contributed by atoms with Crippen molar-refractivity contribution in [2.75, 3.05) is 6.54 Å². The second kappa shape index (κ2) is 7.14. The number of aromatic amines is 1. The molecule has 0 amide bonds. The molecule has 2 saturated carbocycles. The predicted octanol–water partition coefficient (Wildman–Crippen LogP) is 4.34. The number of aromatic nitrogens is 2. The molecule has 0 radical (unpaired) electrons. The standard InChI is InChI=1S/C20H29N3O/c1-14-18-13-22-23-19(18)9-10-20(14)24-17-8-4-7-16(11-17)21-12-15-5-2-3-6-15/h9-10,13,15-17,21H,2-8,11-12H2,1H3,(H,22,23). The van der Waals surface area contributed by atoms with Crippen molar-refractivity contribution >= 4 is 10.9 Å². The number of H-pyrrole nitrogens is 1. The fourth-order valence-corrected chi connectivity index (χ4v) is 4.43. The van der Waals surface area contributed by atoms with E-state index in [0.29, 0.717) is 12.1 Å². The van der Waals surface area contributed by atoms with Crippen LogP contribution in [0.4, 0.5) is 0 Å². The Morgan fingerprint density at radius 3 is 2.92 bits per heavy atom. The summed E-state index contributed by atoms with van der Waals surface area (Å²) in [6, 6.07) is 4.79. The molecule has 2 aliphatic carbocycles. The van der Waals surface area contributed by atoms with E-state index in [-0.39, 0.29) is 0 Å². The molecule has 2 aromatic rings. The predicted molar refractivity (Wildman–Crippen MR) is 97.5 cm³/mol. The van der Waals surface area contributed by atoms with Gasteiger partial charge in [0, 0.05) is 17.0 Å². The summed E-state index contributed by atoms with van der Waals surface area (Å²) in [6.45, 7) is 3.34. The summed E-state index contributed by atoms with van der Waals surface area (Å²) >= 11 is 0. The minimum Gasteiger partial charge on any atom is -0.490 e.